The second-order valence-electron chi connectivity index (χ2n) is 6.45. The Kier molecular flexibility index (Phi) is 6.63. The van der Waals surface area contributed by atoms with E-state index < -0.39 is 28.0 Å². The highest BCUT2D eigenvalue weighted by atomic mass is 32.2. The first-order valence-electron chi connectivity index (χ1n) is 8.46. The molecule has 1 heterocycles. The van der Waals surface area contributed by atoms with E-state index in [1.54, 1.807) is 0 Å². The number of carbonyl (C=O) groups excluding carboxylic acids is 2. The summed E-state index contributed by atoms with van der Waals surface area (Å²) >= 11 is 0. The van der Waals surface area contributed by atoms with Crippen molar-refractivity contribution >= 4 is 21.7 Å². The Hall–Kier alpha value is -1.94. The van der Waals surface area contributed by atoms with Crippen LogP contribution in [0.25, 0.3) is 0 Å². The molecule has 0 aromatic heterocycles. The van der Waals surface area contributed by atoms with Gasteiger partial charge in [0.05, 0.1) is 10.8 Å². The second-order valence-corrected chi connectivity index (χ2v) is 8.22. The van der Waals surface area contributed by atoms with Crippen molar-refractivity contribution in [1.82, 2.24) is 9.62 Å². The number of Topliss-reactive ketones (excluding diaryl/α,β-unsaturated/α-hetero) is 1. The minimum absolute atomic E-state index is 0.00380. The van der Waals surface area contributed by atoms with Crippen LogP contribution in [-0.4, -0.2) is 50.8 Å². The van der Waals surface area contributed by atoms with Crippen molar-refractivity contribution in [2.45, 2.75) is 37.3 Å². The quantitative estimate of drug-likeness (QED) is 0.735. The molecule has 0 spiro atoms. The molecule has 1 N–H and O–H groups in total. The molecule has 150 valence electrons. The third-order valence-corrected chi connectivity index (χ3v) is 5.92. The van der Waals surface area contributed by atoms with Gasteiger partial charge in [0.25, 0.3) is 0 Å². The van der Waals surface area contributed by atoms with Gasteiger partial charge in [0.15, 0.2) is 5.78 Å². The summed E-state index contributed by atoms with van der Waals surface area (Å²) in [6.45, 7) is 0.992. The number of halogens is 3. The van der Waals surface area contributed by atoms with E-state index in [2.05, 4.69) is 4.72 Å². The van der Waals surface area contributed by atoms with Crippen molar-refractivity contribution in [2.75, 3.05) is 19.6 Å². The van der Waals surface area contributed by atoms with Crippen LogP contribution in [0, 0.1) is 5.92 Å². The number of nitrogens with zero attached hydrogens (tertiary/aromatic N) is 1. The average Bonchev–Trinajstić information content (AvgIpc) is 2.61. The van der Waals surface area contributed by atoms with Crippen LogP contribution >= 0.6 is 0 Å². The molecule has 0 radical (unpaired) electrons. The fourth-order valence-corrected chi connectivity index (χ4v) is 3.91. The van der Waals surface area contributed by atoms with Crippen LogP contribution in [0.15, 0.2) is 29.2 Å². The Morgan fingerprint density at radius 1 is 1.22 bits per heavy atom. The number of sulfonamides is 1. The minimum Gasteiger partial charge on any atom is -0.342 e. The number of ketones is 1. The smallest absolute Gasteiger partial charge is 0.342 e. The summed E-state index contributed by atoms with van der Waals surface area (Å²) in [5.74, 6) is -2.25. The molecule has 1 amide bonds. The first-order valence-corrected chi connectivity index (χ1v) is 9.94. The summed E-state index contributed by atoms with van der Waals surface area (Å²) in [7, 11) is -3.88. The van der Waals surface area contributed by atoms with Gasteiger partial charge in [0.2, 0.25) is 15.9 Å². The van der Waals surface area contributed by atoms with E-state index in [0.717, 1.165) is 4.90 Å². The van der Waals surface area contributed by atoms with Crippen molar-refractivity contribution in [3.8, 4) is 0 Å². The second kappa shape index (κ2) is 8.39. The van der Waals surface area contributed by atoms with Crippen molar-refractivity contribution in [3.63, 3.8) is 0 Å². The summed E-state index contributed by atoms with van der Waals surface area (Å²) in [6.07, 6.45) is -4.30. The van der Waals surface area contributed by atoms with Crippen LogP contribution in [-0.2, 0) is 14.8 Å². The summed E-state index contributed by atoms with van der Waals surface area (Å²) in [5.41, 5.74) is 0.369. The Morgan fingerprint density at radius 3 is 2.41 bits per heavy atom. The molecular formula is C17H21F3N2O4S. The molecule has 1 saturated heterocycles. The van der Waals surface area contributed by atoms with E-state index >= 15 is 0 Å². The number of hydrogen-bond acceptors (Lipinski definition) is 4. The molecule has 1 aromatic carbocycles. The Bertz CT molecular complexity index is 791. The van der Waals surface area contributed by atoms with Crippen LogP contribution in [0.5, 0.6) is 0 Å². The Morgan fingerprint density at radius 2 is 1.85 bits per heavy atom. The first-order chi connectivity index (χ1) is 12.5. The Balaban J connectivity index is 1.89. The molecule has 6 nitrogen and oxygen atoms in total. The lowest BCUT2D eigenvalue weighted by atomic mass is 9.97. The van der Waals surface area contributed by atoms with E-state index in [0.29, 0.717) is 5.56 Å². The lowest BCUT2D eigenvalue weighted by Crippen LogP contribution is -2.45. The van der Waals surface area contributed by atoms with Crippen LogP contribution in [0.2, 0.25) is 0 Å². The normalized spacial score (nSPS) is 18.4. The standard InChI is InChI=1S/C17H21F3N2O4S/c1-12(23)13-4-6-15(7-5-13)27(25,26)21-9-8-16(24)22-10-2-3-14(11-22)17(18,19)20/h4-7,14,21H,2-3,8-11H2,1H3/t14-/m1/s1. The predicted octanol–water partition coefficient (Wildman–Crippen LogP) is 2.36. The van der Waals surface area contributed by atoms with Gasteiger partial charge >= 0.3 is 6.18 Å². The van der Waals surface area contributed by atoms with Gasteiger partial charge in [-0.2, -0.15) is 13.2 Å². The van der Waals surface area contributed by atoms with Crippen LogP contribution in [0.3, 0.4) is 0 Å². The van der Waals surface area contributed by atoms with Gasteiger partial charge in [-0.25, -0.2) is 13.1 Å². The van der Waals surface area contributed by atoms with E-state index in [4.69, 9.17) is 0 Å². The molecule has 2 rings (SSSR count). The molecule has 0 saturated carbocycles. The maximum absolute atomic E-state index is 12.8. The zero-order valence-corrected chi connectivity index (χ0v) is 15.6. The van der Waals surface area contributed by atoms with Gasteiger partial charge in [-0.15, -0.1) is 0 Å². The molecule has 0 bridgehead atoms. The molecule has 10 heteroatoms. The van der Waals surface area contributed by atoms with Gasteiger partial charge < -0.3 is 4.90 Å². The molecular weight excluding hydrogens is 385 g/mol. The van der Waals surface area contributed by atoms with Crippen LogP contribution in [0.1, 0.15) is 36.5 Å². The van der Waals surface area contributed by atoms with Gasteiger partial charge in [-0.05, 0) is 31.9 Å². The van der Waals surface area contributed by atoms with Crippen LogP contribution < -0.4 is 4.72 Å². The molecule has 0 aliphatic carbocycles. The number of likely N-dealkylation sites (tertiary alicyclic amines) is 1. The van der Waals surface area contributed by atoms with Crippen molar-refractivity contribution in [1.29, 1.82) is 0 Å². The number of piperidine rings is 1. The SMILES string of the molecule is CC(=O)c1ccc(S(=O)(=O)NCCC(=O)N2CCC[C@@H](C(F)(F)F)C2)cc1. The number of benzene rings is 1. The maximum atomic E-state index is 12.8. The third-order valence-electron chi connectivity index (χ3n) is 4.44. The fraction of sp³-hybridized carbons (Fsp3) is 0.529. The molecule has 0 unspecified atom stereocenters. The maximum Gasteiger partial charge on any atom is 0.393 e. The van der Waals surface area contributed by atoms with Gasteiger partial charge in [-0.3, -0.25) is 9.59 Å². The topological polar surface area (TPSA) is 83.5 Å². The van der Waals surface area contributed by atoms with E-state index in [1.165, 1.54) is 31.2 Å². The predicted molar refractivity (Wildman–Crippen MR) is 91.6 cm³/mol. The number of rotatable bonds is 6. The summed E-state index contributed by atoms with van der Waals surface area (Å²) < 4.78 is 65.0. The summed E-state index contributed by atoms with van der Waals surface area (Å²) in [4.78, 5) is 24.4. The lowest BCUT2D eigenvalue weighted by molar-refractivity contribution is -0.188. The van der Waals surface area contributed by atoms with E-state index in [-0.39, 0.29) is 49.6 Å². The van der Waals surface area contributed by atoms with E-state index in [1.807, 2.05) is 0 Å². The number of hydrogen-bond donors (Lipinski definition) is 1. The third kappa shape index (κ3) is 5.77. The molecule has 1 atom stereocenters. The Labute approximate surface area is 155 Å². The van der Waals surface area contributed by atoms with E-state index in [9.17, 15) is 31.2 Å². The molecule has 27 heavy (non-hydrogen) atoms. The van der Waals surface area contributed by atoms with Crippen molar-refractivity contribution in [3.05, 3.63) is 29.8 Å². The highest BCUT2D eigenvalue weighted by Crippen LogP contribution is 2.33. The number of amides is 1. The van der Waals surface area contributed by atoms with Crippen LogP contribution in [0.4, 0.5) is 13.2 Å². The summed E-state index contributed by atoms with van der Waals surface area (Å²) in [6, 6.07) is 5.32. The van der Waals surface area contributed by atoms with Gasteiger partial charge in [0.1, 0.15) is 0 Å². The average molecular weight is 406 g/mol. The molecule has 1 aliphatic heterocycles. The minimum atomic E-state index is -4.34. The molecule has 1 fully saturated rings. The lowest BCUT2D eigenvalue weighted by Gasteiger charge is -2.33. The fourth-order valence-electron chi connectivity index (χ4n) is 2.87. The highest BCUT2D eigenvalue weighted by molar-refractivity contribution is 7.89. The zero-order valence-electron chi connectivity index (χ0n) is 14.8. The number of nitrogens with one attached hydrogen (secondary N) is 1. The highest BCUT2D eigenvalue weighted by Gasteiger charge is 2.42. The van der Waals surface area contributed by atoms with Gasteiger partial charge in [-0.1, -0.05) is 12.1 Å². The number of alkyl halides is 3. The molecule has 1 aliphatic rings. The zero-order chi connectivity index (χ0) is 20.2. The number of carbonyl (C=O) groups is 2. The van der Waals surface area contributed by atoms with Crippen molar-refractivity contribution in [2.24, 2.45) is 5.92 Å². The first kappa shape index (κ1) is 21.4. The monoisotopic (exact) mass is 406 g/mol. The van der Waals surface area contributed by atoms with Crippen molar-refractivity contribution < 1.29 is 31.2 Å². The van der Waals surface area contributed by atoms with Gasteiger partial charge in [0, 0.05) is 31.6 Å². The largest absolute Gasteiger partial charge is 0.393 e. The molecule has 1 aromatic rings. The summed E-state index contributed by atoms with van der Waals surface area (Å²) in [5, 5.41) is 0.